The molecule has 1 heterocycles. The number of hydrogen-bond acceptors (Lipinski definition) is 2. The summed E-state index contributed by atoms with van der Waals surface area (Å²) in [7, 11) is 0. The van der Waals surface area contributed by atoms with Gasteiger partial charge < -0.3 is 10.3 Å². The van der Waals surface area contributed by atoms with E-state index in [2.05, 4.69) is 26.7 Å². The maximum atomic E-state index is 13.6. The van der Waals surface area contributed by atoms with Crippen LogP contribution in [0.2, 0.25) is 0 Å². The van der Waals surface area contributed by atoms with Crippen LogP contribution in [0.5, 0.6) is 0 Å². The van der Waals surface area contributed by atoms with Crippen molar-refractivity contribution in [2.45, 2.75) is 20.3 Å². The number of aromatic nitrogens is 1. The van der Waals surface area contributed by atoms with Crippen molar-refractivity contribution in [1.29, 1.82) is 0 Å². The minimum Gasteiger partial charge on any atom is -0.361 e. The van der Waals surface area contributed by atoms with Gasteiger partial charge in [-0.3, -0.25) is 15.1 Å². The molecule has 0 fully saturated rings. The van der Waals surface area contributed by atoms with Gasteiger partial charge in [0.15, 0.2) is 0 Å². The Balaban J connectivity index is 1.55. The van der Waals surface area contributed by atoms with Crippen LogP contribution in [0.15, 0.2) is 77.9 Å². The Bertz CT molecular complexity index is 1290. The number of aliphatic imine (C=N–C) groups is 1. The molecule has 0 spiro atoms. The third kappa shape index (κ3) is 4.86. The van der Waals surface area contributed by atoms with Crippen LogP contribution in [0.3, 0.4) is 0 Å². The maximum absolute atomic E-state index is 13.6. The molecular formula is C26H25FN4O. The Hall–Kier alpha value is -3.93. The number of aryl methyl sites for hydroxylation is 1. The number of H-pyrrole nitrogens is 1. The van der Waals surface area contributed by atoms with Crippen LogP contribution in [0.25, 0.3) is 10.9 Å². The third-order valence-electron chi connectivity index (χ3n) is 5.50. The van der Waals surface area contributed by atoms with Gasteiger partial charge in [-0.15, -0.1) is 0 Å². The largest absolute Gasteiger partial charge is 0.361 e. The molecule has 4 aromatic rings. The number of aromatic amines is 1. The first-order chi connectivity index (χ1) is 15.5. The van der Waals surface area contributed by atoms with Gasteiger partial charge in [-0.05, 0) is 67.3 Å². The Morgan fingerprint density at radius 3 is 2.69 bits per heavy atom. The summed E-state index contributed by atoms with van der Waals surface area (Å²) in [5.41, 5.74) is 5.53. The van der Waals surface area contributed by atoms with E-state index in [1.807, 2.05) is 56.4 Å². The molecule has 0 radical (unpaired) electrons. The summed E-state index contributed by atoms with van der Waals surface area (Å²) in [6.45, 7) is 4.51. The van der Waals surface area contributed by atoms with Gasteiger partial charge in [0.1, 0.15) is 5.82 Å². The van der Waals surface area contributed by atoms with Crippen LogP contribution in [0.1, 0.15) is 27.0 Å². The van der Waals surface area contributed by atoms with E-state index >= 15 is 0 Å². The molecule has 1 aromatic heterocycles. The Morgan fingerprint density at radius 1 is 1.03 bits per heavy atom. The van der Waals surface area contributed by atoms with Crippen molar-refractivity contribution < 1.29 is 9.18 Å². The van der Waals surface area contributed by atoms with Gasteiger partial charge in [-0.1, -0.05) is 36.4 Å². The predicted octanol–water partition coefficient (Wildman–Crippen LogP) is 5.36. The highest BCUT2D eigenvalue weighted by Crippen LogP contribution is 2.19. The summed E-state index contributed by atoms with van der Waals surface area (Å²) >= 11 is 0. The molecule has 0 aliphatic carbocycles. The highest BCUT2D eigenvalue weighted by molar-refractivity contribution is 6.10. The molecular weight excluding hydrogens is 403 g/mol. The first-order valence-electron chi connectivity index (χ1n) is 10.5. The van der Waals surface area contributed by atoms with E-state index in [0.29, 0.717) is 18.9 Å². The van der Waals surface area contributed by atoms with Gasteiger partial charge in [0, 0.05) is 34.9 Å². The fourth-order valence-electron chi connectivity index (χ4n) is 3.56. The van der Waals surface area contributed by atoms with E-state index in [1.54, 1.807) is 6.07 Å². The fraction of sp³-hybridized carbons (Fsp3) is 0.154. The SMILES string of the molecule is Cc1cccc(NC(=NCCc2c[nH]c3ccccc23)NC(=O)c2cccc(F)c2)c1C. The molecule has 3 N–H and O–H groups in total. The number of benzene rings is 3. The zero-order chi connectivity index (χ0) is 22.5. The summed E-state index contributed by atoms with van der Waals surface area (Å²) in [6.07, 6.45) is 2.70. The van der Waals surface area contributed by atoms with Gasteiger partial charge in [0.25, 0.3) is 5.91 Å². The van der Waals surface area contributed by atoms with E-state index in [1.165, 1.54) is 18.2 Å². The third-order valence-corrected chi connectivity index (χ3v) is 5.50. The van der Waals surface area contributed by atoms with Gasteiger partial charge in [-0.25, -0.2) is 4.39 Å². The lowest BCUT2D eigenvalue weighted by atomic mass is 10.1. The number of halogens is 1. The first kappa shape index (κ1) is 21.3. The lowest BCUT2D eigenvalue weighted by Crippen LogP contribution is -2.36. The van der Waals surface area contributed by atoms with Gasteiger partial charge in [0.2, 0.25) is 5.96 Å². The number of carbonyl (C=O) groups excluding carboxylic acids is 1. The number of nitrogens with one attached hydrogen (secondary N) is 3. The lowest BCUT2D eigenvalue weighted by molar-refractivity contribution is 0.0976. The molecule has 1 amide bonds. The Morgan fingerprint density at radius 2 is 1.84 bits per heavy atom. The van der Waals surface area contributed by atoms with Crippen LogP contribution in [0.4, 0.5) is 10.1 Å². The fourth-order valence-corrected chi connectivity index (χ4v) is 3.56. The quantitative estimate of drug-likeness (QED) is 0.296. The minimum absolute atomic E-state index is 0.233. The molecule has 0 saturated carbocycles. The molecule has 6 heteroatoms. The number of rotatable bonds is 5. The molecule has 0 unspecified atom stereocenters. The van der Waals surface area contributed by atoms with Crippen molar-refractivity contribution in [2.75, 3.05) is 11.9 Å². The molecule has 4 rings (SSSR count). The molecule has 0 bridgehead atoms. The predicted molar refractivity (Wildman–Crippen MR) is 128 cm³/mol. The molecule has 0 aliphatic heterocycles. The number of fused-ring (bicyclic) bond motifs is 1. The Labute approximate surface area is 186 Å². The number of nitrogens with zero attached hydrogens (tertiary/aromatic N) is 1. The van der Waals surface area contributed by atoms with Crippen LogP contribution >= 0.6 is 0 Å². The lowest BCUT2D eigenvalue weighted by Gasteiger charge is -2.15. The number of carbonyl (C=O) groups is 1. The Kier molecular flexibility index (Phi) is 6.31. The van der Waals surface area contributed by atoms with Crippen LogP contribution < -0.4 is 10.6 Å². The van der Waals surface area contributed by atoms with Crippen LogP contribution in [-0.4, -0.2) is 23.4 Å². The molecule has 32 heavy (non-hydrogen) atoms. The monoisotopic (exact) mass is 428 g/mol. The van der Waals surface area contributed by atoms with Crippen molar-refractivity contribution in [3.63, 3.8) is 0 Å². The van der Waals surface area contributed by atoms with E-state index < -0.39 is 11.7 Å². The van der Waals surface area contributed by atoms with Crippen molar-refractivity contribution in [3.8, 4) is 0 Å². The number of guanidine groups is 1. The number of hydrogen-bond donors (Lipinski definition) is 3. The van der Waals surface area contributed by atoms with Crippen molar-refractivity contribution in [1.82, 2.24) is 10.3 Å². The summed E-state index contributed by atoms with van der Waals surface area (Å²) < 4.78 is 13.6. The second-order valence-electron chi connectivity index (χ2n) is 7.68. The van der Waals surface area contributed by atoms with Crippen molar-refractivity contribution in [2.24, 2.45) is 4.99 Å². The molecule has 0 aliphatic rings. The van der Waals surface area contributed by atoms with Crippen molar-refractivity contribution >= 4 is 28.5 Å². The van der Waals surface area contributed by atoms with Crippen LogP contribution in [0, 0.1) is 19.7 Å². The summed E-state index contributed by atoms with van der Waals surface area (Å²) in [6, 6.07) is 19.6. The zero-order valence-corrected chi connectivity index (χ0v) is 18.1. The topological polar surface area (TPSA) is 69.3 Å². The molecule has 5 nitrogen and oxygen atoms in total. The second kappa shape index (κ2) is 9.47. The number of para-hydroxylation sites is 1. The van der Waals surface area contributed by atoms with Gasteiger partial charge in [0.05, 0.1) is 0 Å². The summed E-state index contributed by atoms with van der Waals surface area (Å²) in [5, 5.41) is 7.20. The van der Waals surface area contributed by atoms with E-state index in [0.717, 1.165) is 33.3 Å². The summed E-state index contributed by atoms with van der Waals surface area (Å²) in [4.78, 5) is 20.6. The average molecular weight is 429 g/mol. The van der Waals surface area contributed by atoms with E-state index in [9.17, 15) is 9.18 Å². The van der Waals surface area contributed by atoms with Crippen molar-refractivity contribution in [3.05, 3.63) is 101 Å². The highest BCUT2D eigenvalue weighted by Gasteiger charge is 2.12. The normalized spacial score (nSPS) is 11.5. The maximum Gasteiger partial charge on any atom is 0.258 e. The average Bonchev–Trinajstić information content (AvgIpc) is 3.20. The first-order valence-corrected chi connectivity index (χ1v) is 10.5. The standard InChI is InChI=1S/C26H25FN4O/c1-17-7-5-12-23(18(17)2)30-26(31-25(32)19-8-6-9-21(27)15-19)28-14-13-20-16-29-24-11-4-3-10-22(20)24/h3-12,15-16,29H,13-14H2,1-2H3,(H2,28,30,31,32). The number of anilines is 1. The minimum atomic E-state index is -0.460. The van der Waals surface area contributed by atoms with Gasteiger partial charge in [-0.2, -0.15) is 0 Å². The highest BCUT2D eigenvalue weighted by atomic mass is 19.1. The molecule has 0 saturated heterocycles. The van der Waals surface area contributed by atoms with Gasteiger partial charge >= 0.3 is 0 Å². The summed E-state index contributed by atoms with van der Waals surface area (Å²) in [5.74, 6) is -0.557. The second-order valence-corrected chi connectivity index (χ2v) is 7.68. The van der Waals surface area contributed by atoms with E-state index in [4.69, 9.17) is 0 Å². The molecule has 162 valence electrons. The number of amides is 1. The molecule has 3 aromatic carbocycles. The van der Waals surface area contributed by atoms with E-state index in [-0.39, 0.29) is 5.56 Å². The zero-order valence-electron chi connectivity index (χ0n) is 18.1. The molecule has 0 atom stereocenters. The van der Waals surface area contributed by atoms with Crippen LogP contribution in [-0.2, 0) is 6.42 Å². The smallest absolute Gasteiger partial charge is 0.258 e.